The summed E-state index contributed by atoms with van der Waals surface area (Å²) in [6.45, 7) is 4.29. The molecule has 2 aromatic heterocycles. The van der Waals surface area contributed by atoms with Crippen LogP contribution in [0.4, 0.5) is 0 Å². The van der Waals surface area contributed by atoms with Gasteiger partial charge in [0.2, 0.25) is 0 Å². The van der Waals surface area contributed by atoms with Crippen molar-refractivity contribution in [1.29, 1.82) is 0 Å². The normalized spacial score (nSPS) is 13.0. The molecule has 1 unspecified atom stereocenters. The lowest BCUT2D eigenvalue weighted by Crippen LogP contribution is -2.12. The zero-order chi connectivity index (χ0) is 14.1. The van der Waals surface area contributed by atoms with Crippen LogP contribution in [0.2, 0.25) is 0 Å². The van der Waals surface area contributed by atoms with Crippen LogP contribution in [0.1, 0.15) is 42.1 Å². The molecule has 102 valence electrons. The van der Waals surface area contributed by atoms with Crippen LogP contribution in [0.25, 0.3) is 10.8 Å². The molecule has 2 heterocycles. The van der Waals surface area contributed by atoms with Gasteiger partial charge in [-0.05, 0) is 11.3 Å². The average Bonchev–Trinajstić information content (AvgIpc) is 2.96. The van der Waals surface area contributed by atoms with Crippen LogP contribution in [0.15, 0.2) is 42.0 Å². The molecule has 4 heteroatoms. The molecule has 0 radical (unpaired) electrons. The van der Waals surface area contributed by atoms with Crippen LogP contribution in [0.3, 0.4) is 0 Å². The molecule has 0 aliphatic carbocycles. The van der Waals surface area contributed by atoms with Gasteiger partial charge in [-0.3, -0.25) is 4.98 Å². The van der Waals surface area contributed by atoms with Gasteiger partial charge < -0.3 is 5.73 Å². The second-order valence-electron chi connectivity index (χ2n) is 5.19. The fourth-order valence-electron chi connectivity index (χ4n) is 2.23. The Labute approximate surface area is 122 Å². The van der Waals surface area contributed by atoms with E-state index in [4.69, 9.17) is 5.73 Å². The van der Waals surface area contributed by atoms with Crippen molar-refractivity contribution in [2.24, 2.45) is 5.73 Å². The molecule has 0 aliphatic rings. The Morgan fingerprint density at radius 2 is 1.95 bits per heavy atom. The van der Waals surface area contributed by atoms with Crippen LogP contribution >= 0.6 is 11.3 Å². The summed E-state index contributed by atoms with van der Waals surface area (Å²) in [4.78, 5) is 8.96. The van der Waals surface area contributed by atoms with Crippen molar-refractivity contribution in [2.75, 3.05) is 0 Å². The lowest BCUT2D eigenvalue weighted by molar-refractivity contribution is 0.796. The number of nitrogens with zero attached hydrogens (tertiary/aromatic N) is 2. The van der Waals surface area contributed by atoms with Crippen molar-refractivity contribution in [1.82, 2.24) is 9.97 Å². The Bertz CT molecular complexity index is 728. The first kappa shape index (κ1) is 13.2. The Kier molecular flexibility index (Phi) is 3.51. The van der Waals surface area contributed by atoms with Gasteiger partial charge in [-0.15, -0.1) is 11.3 Å². The van der Waals surface area contributed by atoms with Gasteiger partial charge in [-0.25, -0.2) is 4.98 Å². The molecule has 0 spiro atoms. The summed E-state index contributed by atoms with van der Waals surface area (Å²) in [6.07, 6.45) is 3.72. The number of hydrogen-bond donors (Lipinski definition) is 1. The molecule has 0 fully saturated rings. The third-order valence-corrected chi connectivity index (χ3v) is 4.38. The molecule has 3 nitrogen and oxygen atoms in total. The Morgan fingerprint density at radius 1 is 1.15 bits per heavy atom. The van der Waals surface area contributed by atoms with Crippen LogP contribution in [0, 0.1) is 0 Å². The van der Waals surface area contributed by atoms with E-state index in [1.165, 1.54) is 0 Å². The highest BCUT2D eigenvalue weighted by molar-refractivity contribution is 7.09. The Hall–Kier alpha value is -1.78. The van der Waals surface area contributed by atoms with E-state index in [2.05, 4.69) is 41.3 Å². The summed E-state index contributed by atoms with van der Waals surface area (Å²) in [6, 6.07) is 7.97. The number of fused-ring (bicyclic) bond motifs is 1. The maximum Gasteiger partial charge on any atom is 0.114 e. The first-order valence-electron chi connectivity index (χ1n) is 6.70. The minimum atomic E-state index is -0.217. The number of rotatable bonds is 3. The summed E-state index contributed by atoms with van der Waals surface area (Å²) in [7, 11) is 0. The van der Waals surface area contributed by atoms with Gasteiger partial charge in [0.05, 0.1) is 11.7 Å². The maximum atomic E-state index is 6.40. The van der Waals surface area contributed by atoms with Crippen molar-refractivity contribution >= 4 is 22.1 Å². The Morgan fingerprint density at radius 3 is 2.70 bits per heavy atom. The van der Waals surface area contributed by atoms with E-state index in [0.717, 1.165) is 27.0 Å². The van der Waals surface area contributed by atoms with Crippen LogP contribution in [-0.2, 0) is 0 Å². The predicted octanol–water partition coefficient (Wildman–Crippen LogP) is 3.86. The molecule has 1 aromatic carbocycles. The minimum absolute atomic E-state index is 0.217. The second-order valence-corrected chi connectivity index (χ2v) is 6.08. The summed E-state index contributed by atoms with van der Waals surface area (Å²) < 4.78 is 0. The van der Waals surface area contributed by atoms with E-state index in [1.807, 2.05) is 24.5 Å². The third kappa shape index (κ3) is 2.32. The molecule has 3 aromatic rings. The van der Waals surface area contributed by atoms with Gasteiger partial charge in [0.1, 0.15) is 5.01 Å². The largest absolute Gasteiger partial charge is 0.318 e. The fourth-order valence-corrected chi connectivity index (χ4v) is 3.23. The molecule has 0 bridgehead atoms. The van der Waals surface area contributed by atoms with Gasteiger partial charge in [0.25, 0.3) is 0 Å². The molecule has 0 amide bonds. The second kappa shape index (κ2) is 5.31. The molecular formula is C16H17N3S. The molecule has 0 aliphatic heterocycles. The van der Waals surface area contributed by atoms with E-state index in [9.17, 15) is 0 Å². The van der Waals surface area contributed by atoms with Crippen LogP contribution < -0.4 is 5.73 Å². The lowest BCUT2D eigenvalue weighted by atomic mass is 10.0. The highest BCUT2D eigenvalue weighted by atomic mass is 32.1. The van der Waals surface area contributed by atoms with Crippen molar-refractivity contribution in [3.63, 3.8) is 0 Å². The van der Waals surface area contributed by atoms with E-state index < -0.39 is 0 Å². The minimum Gasteiger partial charge on any atom is -0.318 e. The van der Waals surface area contributed by atoms with Crippen molar-refractivity contribution < 1.29 is 0 Å². The topological polar surface area (TPSA) is 51.8 Å². The van der Waals surface area contributed by atoms with E-state index in [-0.39, 0.29) is 6.04 Å². The molecule has 0 saturated carbocycles. The number of hydrogen-bond acceptors (Lipinski definition) is 4. The van der Waals surface area contributed by atoms with Crippen LogP contribution in [-0.4, -0.2) is 9.97 Å². The molecule has 2 N–H and O–H groups in total. The molecule has 20 heavy (non-hydrogen) atoms. The predicted molar refractivity (Wildman–Crippen MR) is 84.0 cm³/mol. The first-order valence-corrected chi connectivity index (χ1v) is 7.58. The zero-order valence-electron chi connectivity index (χ0n) is 11.6. The third-order valence-electron chi connectivity index (χ3n) is 3.43. The average molecular weight is 283 g/mol. The monoisotopic (exact) mass is 283 g/mol. The molecule has 1 atom stereocenters. The molecule has 0 saturated heterocycles. The van der Waals surface area contributed by atoms with Crippen molar-refractivity contribution in [3.8, 4) is 0 Å². The SMILES string of the molecule is CC(C)c1csc(C(N)c2cncc3ccccc23)n1. The first-order chi connectivity index (χ1) is 9.66. The number of thiazole rings is 1. The van der Waals surface area contributed by atoms with E-state index in [1.54, 1.807) is 11.3 Å². The van der Waals surface area contributed by atoms with Gasteiger partial charge >= 0.3 is 0 Å². The van der Waals surface area contributed by atoms with Crippen molar-refractivity contribution in [2.45, 2.75) is 25.8 Å². The van der Waals surface area contributed by atoms with Gasteiger partial charge in [-0.1, -0.05) is 38.1 Å². The lowest BCUT2D eigenvalue weighted by Gasteiger charge is -2.11. The standard InChI is InChI=1S/C16H17N3S/c1-10(2)14-9-20-16(19-14)15(17)13-8-18-7-11-5-3-4-6-12(11)13/h3-10,15H,17H2,1-2H3. The van der Waals surface area contributed by atoms with E-state index in [0.29, 0.717) is 5.92 Å². The zero-order valence-corrected chi connectivity index (χ0v) is 12.4. The van der Waals surface area contributed by atoms with Crippen molar-refractivity contribution in [3.05, 3.63) is 58.3 Å². The number of nitrogens with two attached hydrogens (primary N) is 1. The van der Waals surface area contributed by atoms with E-state index >= 15 is 0 Å². The fraction of sp³-hybridized carbons (Fsp3) is 0.250. The number of benzene rings is 1. The van der Waals surface area contributed by atoms with Crippen LogP contribution in [0.5, 0.6) is 0 Å². The summed E-state index contributed by atoms with van der Waals surface area (Å²) in [5.41, 5.74) is 8.54. The van der Waals surface area contributed by atoms with Gasteiger partial charge in [-0.2, -0.15) is 0 Å². The summed E-state index contributed by atoms with van der Waals surface area (Å²) >= 11 is 1.63. The molecule has 3 rings (SSSR count). The highest BCUT2D eigenvalue weighted by Crippen LogP contribution is 2.29. The Balaban J connectivity index is 2.05. The number of pyridine rings is 1. The smallest absolute Gasteiger partial charge is 0.114 e. The molecular weight excluding hydrogens is 266 g/mol. The summed E-state index contributed by atoms with van der Waals surface area (Å²) in [5.74, 6) is 0.429. The number of aromatic nitrogens is 2. The van der Waals surface area contributed by atoms with Gasteiger partial charge in [0, 0.05) is 28.7 Å². The van der Waals surface area contributed by atoms with Gasteiger partial charge in [0.15, 0.2) is 0 Å². The highest BCUT2D eigenvalue weighted by Gasteiger charge is 2.17. The summed E-state index contributed by atoms with van der Waals surface area (Å²) in [5, 5.41) is 5.31. The quantitative estimate of drug-likeness (QED) is 0.794. The maximum absolute atomic E-state index is 6.40.